The molecule has 0 aliphatic heterocycles. The third kappa shape index (κ3) is 1.76. The zero-order valence-electron chi connectivity index (χ0n) is 8.26. The number of nitro benzene ring substituents is 1. The summed E-state index contributed by atoms with van der Waals surface area (Å²) in [5, 5.41) is 19.4. The van der Waals surface area contributed by atoms with Crippen LogP contribution in [0.3, 0.4) is 0 Å². The zero-order chi connectivity index (χ0) is 12.3. The number of carbonyl (C=O) groups is 1. The lowest BCUT2D eigenvalue weighted by molar-refractivity contribution is -0.385. The number of benzene rings is 1. The van der Waals surface area contributed by atoms with Crippen LogP contribution in [0.1, 0.15) is 15.9 Å². The molecule has 0 aliphatic carbocycles. The number of nitrogens with two attached hydrogens (primary N) is 1. The predicted molar refractivity (Wildman–Crippen MR) is 52.9 cm³/mol. The second-order valence-corrected chi connectivity index (χ2v) is 2.77. The number of methoxy groups -OCH3 is 1. The van der Waals surface area contributed by atoms with Gasteiger partial charge in [-0.05, 0) is 6.07 Å². The van der Waals surface area contributed by atoms with E-state index in [9.17, 15) is 14.9 Å². The molecule has 0 atom stereocenters. The fourth-order valence-corrected chi connectivity index (χ4v) is 1.26. The van der Waals surface area contributed by atoms with Gasteiger partial charge in [-0.25, -0.2) is 0 Å². The van der Waals surface area contributed by atoms with Crippen LogP contribution < -0.4 is 10.5 Å². The van der Waals surface area contributed by atoms with Crippen LogP contribution in [0.25, 0.3) is 0 Å². The van der Waals surface area contributed by atoms with Gasteiger partial charge in [-0.1, -0.05) is 0 Å². The van der Waals surface area contributed by atoms with E-state index in [0.717, 1.165) is 19.2 Å². The van der Waals surface area contributed by atoms with Gasteiger partial charge in [0.25, 0.3) is 5.91 Å². The van der Waals surface area contributed by atoms with Crippen LogP contribution in [-0.2, 0) is 0 Å². The number of nitrogens with zero attached hydrogens (tertiary/aromatic N) is 2. The monoisotopic (exact) mass is 221 g/mol. The van der Waals surface area contributed by atoms with E-state index in [1.54, 1.807) is 6.07 Å². The molecule has 0 aliphatic rings. The molecule has 7 nitrogen and oxygen atoms in total. The highest BCUT2D eigenvalue weighted by Crippen LogP contribution is 2.32. The number of amides is 1. The van der Waals surface area contributed by atoms with Crippen molar-refractivity contribution in [2.75, 3.05) is 7.11 Å². The summed E-state index contributed by atoms with van der Waals surface area (Å²) in [6.45, 7) is 0. The molecule has 0 unspecified atom stereocenters. The molecule has 0 aromatic heterocycles. The third-order valence-electron chi connectivity index (χ3n) is 1.90. The molecule has 1 amide bonds. The molecule has 16 heavy (non-hydrogen) atoms. The Morgan fingerprint density at radius 1 is 1.62 bits per heavy atom. The largest absolute Gasteiger partial charge is 0.490 e. The maximum absolute atomic E-state index is 11.1. The second kappa shape index (κ2) is 4.27. The number of nitro groups is 1. The van der Waals surface area contributed by atoms with Gasteiger partial charge in [0.05, 0.1) is 17.6 Å². The molecule has 82 valence electrons. The topological polar surface area (TPSA) is 119 Å². The number of ether oxygens (including phenoxy) is 1. The molecule has 0 fully saturated rings. The van der Waals surface area contributed by atoms with Crippen molar-refractivity contribution in [3.63, 3.8) is 0 Å². The number of carbonyl (C=O) groups excluding carboxylic acids is 1. The molecule has 7 heteroatoms. The highest BCUT2D eigenvalue weighted by atomic mass is 16.6. The minimum atomic E-state index is -0.947. The van der Waals surface area contributed by atoms with E-state index in [1.165, 1.54) is 0 Å². The Kier molecular flexibility index (Phi) is 3.06. The lowest BCUT2D eigenvalue weighted by atomic mass is 10.1. The molecule has 1 rings (SSSR count). The van der Waals surface area contributed by atoms with Crippen molar-refractivity contribution < 1.29 is 14.5 Å². The van der Waals surface area contributed by atoms with Gasteiger partial charge in [0.1, 0.15) is 11.6 Å². The van der Waals surface area contributed by atoms with Crippen molar-refractivity contribution in [2.24, 2.45) is 5.73 Å². The van der Waals surface area contributed by atoms with Gasteiger partial charge in [-0.3, -0.25) is 14.9 Å². The van der Waals surface area contributed by atoms with E-state index in [1.807, 2.05) is 0 Å². The van der Waals surface area contributed by atoms with Crippen LogP contribution in [0.2, 0.25) is 0 Å². The number of hydrogen-bond acceptors (Lipinski definition) is 5. The Bertz CT molecular complexity index is 504. The average molecular weight is 221 g/mol. The van der Waals surface area contributed by atoms with Crippen molar-refractivity contribution in [1.29, 1.82) is 5.26 Å². The second-order valence-electron chi connectivity index (χ2n) is 2.77. The molecular formula is C9H7N3O4. The molecule has 0 spiro atoms. The van der Waals surface area contributed by atoms with Crippen molar-refractivity contribution in [3.8, 4) is 11.8 Å². The maximum atomic E-state index is 11.1. The average Bonchev–Trinajstić information content (AvgIpc) is 2.26. The highest BCUT2D eigenvalue weighted by Gasteiger charge is 2.24. The first-order valence-electron chi connectivity index (χ1n) is 4.08. The number of rotatable bonds is 3. The molecular weight excluding hydrogens is 214 g/mol. The summed E-state index contributed by atoms with van der Waals surface area (Å²) >= 11 is 0. The Hall–Kier alpha value is -2.62. The van der Waals surface area contributed by atoms with E-state index in [0.29, 0.717) is 0 Å². The molecule has 0 heterocycles. The summed E-state index contributed by atoms with van der Waals surface area (Å²) in [7, 11) is 1.16. The normalized spacial score (nSPS) is 9.25. The highest BCUT2D eigenvalue weighted by molar-refractivity contribution is 5.99. The van der Waals surface area contributed by atoms with Crippen molar-refractivity contribution >= 4 is 11.6 Å². The summed E-state index contributed by atoms with van der Waals surface area (Å²) < 4.78 is 4.75. The Morgan fingerprint density at radius 3 is 2.62 bits per heavy atom. The summed E-state index contributed by atoms with van der Waals surface area (Å²) in [5.41, 5.74) is 4.30. The van der Waals surface area contributed by atoms with Crippen LogP contribution in [0.4, 0.5) is 5.69 Å². The standard InChI is InChI=1S/C9H7N3O4/c1-16-8-6(12(14)15)3-2-5(4-10)7(8)9(11)13/h2-3H,1H3,(H2,11,13). The minimum absolute atomic E-state index is 0.0602. The van der Waals surface area contributed by atoms with E-state index >= 15 is 0 Å². The number of nitriles is 1. The first kappa shape index (κ1) is 11.5. The summed E-state index contributed by atoms with van der Waals surface area (Å²) in [6, 6.07) is 3.95. The first-order valence-corrected chi connectivity index (χ1v) is 4.08. The minimum Gasteiger partial charge on any atom is -0.490 e. The van der Waals surface area contributed by atoms with Crippen LogP contribution in [-0.4, -0.2) is 17.9 Å². The van der Waals surface area contributed by atoms with Crippen LogP contribution in [0, 0.1) is 21.4 Å². The molecule has 0 radical (unpaired) electrons. The smallest absolute Gasteiger partial charge is 0.311 e. The zero-order valence-corrected chi connectivity index (χ0v) is 8.26. The molecule has 2 N–H and O–H groups in total. The van der Waals surface area contributed by atoms with Crippen molar-refractivity contribution in [2.45, 2.75) is 0 Å². The van der Waals surface area contributed by atoms with Crippen LogP contribution in [0.5, 0.6) is 5.75 Å². The van der Waals surface area contributed by atoms with E-state index < -0.39 is 16.5 Å². The molecule has 0 saturated heterocycles. The Balaban J connectivity index is 3.64. The van der Waals surface area contributed by atoms with Gasteiger partial charge in [0.15, 0.2) is 0 Å². The van der Waals surface area contributed by atoms with E-state index in [2.05, 4.69) is 0 Å². The summed E-state index contributed by atoms with van der Waals surface area (Å²) in [5.74, 6) is -1.24. The predicted octanol–water partition coefficient (Wildman–Crippen LogP) is 0.574. The quantitative estimate of drug-likeness (QED) is 0.591. The number of primary amides is 1. The summed E-state index contributed by atoms with van der Waals surface area (Å²) in [4.78, 5) is 21.0. The lowest BCUT2D eigenvalue weighted by Gasteiger charge is -2.07. The molecule has 0 saturated carbocycles. The molecule has 0 bridgehead atoms. The van der Waals surface area contributed by atoms with Crippen LogP contribution in [0.15, 0.2) is 12.1 Å². The fourth-order valence-electron chi connectivity index (χ4n) is 1.26. The van der Waals surface area contributed by atoms with E-state index in [-0.39, 0.29) is 16.9 Å². The Labute approximate surface area is 90.2 Å². The molecule has 1 aromatic carbocycles. The lowest BCUT2D eigenvalue weighted by Crippen LogP contribution is -2.15. The van der Waals surface area contributed by atoms with Crippen molar-refractivity contribution in [1.82, 2.24) is 0 Å². The number of hydrogen-bond donors (Lipinski definition) is 1. The summed E-state index contributed by atoms with van der Waals surface area (Å²) in [6.07, 6.45) is 0. The van der Waals surface area contributed by atoms with Gasteiger partial charge in [-0.2, -0.15) is 5.26 Å². The third-order valence-corrected chi connectivity index (χ3v) is 1.90. The van der Waals surface area contributed by atoms with Gasteiger partial charge >= 0.3 is 5.69 Å². The van der Waals surface area contributed by atoms with Gasteiger partial charge in [0.2, 0.25) is 5.75 Å². The SMILES string of the molecule is COc1c([N+](=O)[O-])ccc(C#N)c1C(N)=O. The fraction of sp³-hybridized carbons (Fsp3) is 0.111. The Morgan fingerprint density at radius 2 is 2.25 bits per heavy atom. The van der Waals surface area contributed by atoms with Gasteiger partial charge < -0.3 is 10.5 Å². The van der Waals surface area contributed by atoms with Gasteiger partial charge in [0, 0.05) is 6.07 Å². The van der Waals surface area contributed by atoms with E-state index in [4.69, 9.17) is 15.7 Å². The van der Waals surface area contributed by atoms with Crippen LogP contribution >= 0.6 is 0 Å². The van der Waals surface area contributed by atoms with Crippen molar-refractivity contribution in [3.05, 3.63) is 33.4 Å². The first-order chi connectivity index (χ1) is 7.52. The maximum Gasteiger partial charge on any atom is 0.311 e. The molecule has 1 aromatic rings. The van der Waals surface area contributed by atoms with Gasteiger partial charge in [-0.15, -0.1) is 0 Å².